The summed E-state index contributed by atoms with van der Waals surface area (Å²) in [5, 5.41) is 20.2. The van der Waals surface area contributed by atoms with Crippen LogP contribution in [-0.2, 0) is 6.18 Å². The molecule has 0 fully saturated rings. The Morgan fingerprint density at radius 2 is 1.76 bits per heavy atom. The molecule has 1 aromatic carbocycles. The van der Waals surface area contributed by atoms with Crippen LogP contribution in [0.5, 0.6) is 0 Å². The van der Waals surface area contributed by atoms with Crippen LogP contribution in [0.3, 0.4) is 0 Å². The van der Waals surface area contributed by atoms with Gasteiger partial charge in [0.05, 0.1) is 23.4 Å². The van der Waals surface area contributed by atoms with Gasteiger partial charge in [-0.2, -0.15) is 23.7 Å². The van der Waals surface area contributed by atoms with Gasteiger partial charge in [-0.1, -0.05) is 12.1 Å². The molecule has 3 N–H and O–H groups in total. The van der Waals surface area contributed by atoms with Crippen molar-refractivity contribution in [2.45, 2.75) is 6.18 Å². The minimum atomic E-state index is -4.55. The number of rotatable bonds is 5. The highest BCUT2D eigenvalue weighted by Crippen LogP contribution is 2.37. The molecule has 0 saturated carbocycles. The van der Waals surface area contributed by atoms with Gasteiger partial charge >= 0.3 is 6.18 Å². The third kappa shape index (κ3) is 4.06. The van der Waals surface area contributed by atoms with Gasteiger partial charge in [0.15, 0.2) is 11.6 Å². The second kappa shape index (κ2) is 7.36. The lowest BCUT2D eigenvalue weighted by atomic mass is 10.1. The number of nitrogen functional groups attached to an aromatic ring is 1. The summed E-state index contributed by atoms with van der Waals surface area (Å²) in [6, 6.07) is 8.61. The lowest BCUT2D eigenvalue weighted by molar-refractivity contribution is -0.136. The lowest BCUT2D eigenvalue weighted by Gasteiger charge is -2.20. The third-order valence-electron chi connectivity index (χ3n) is 3.17. The fraction of sp³-hybridized carbons (Fsp3) is 0.200. The van der Waals surface area contributed by atoms with Gasteiger partial charge in [0.25, 0.3) is 0 Å². The average molecular weight is 347 g/mol. The smallest absolute Gasteiger partial charge is 0.393 e. The first-order valence-electron chi connectivity index (χ1n) is 6.91. The number of hydrogen-bond acceptors (Lipinski definition) is 7. The van der Waals surface area contributed by atoms with Crippen LogP contribution >= 0.6 is 0 Å². The summed E-state index contributed by atoms with van der Waals surface area (Å²) < 4.78 is 39.2. The van der Waals surface area contributed by atoms with Gasteiger partial charge in [-0.25, -0.2) is 9.97 Å². The number of nitrogens with zero attached hydrogens (tertiary/aromatic N) is 5. The van der Waals surface area contributed by atoms with Crippen LogP contribution in [0, 0.1) is 22.7 Å². The van der Waals surface area contributed by atoms with Gasteiger partial charge in [0.1, 0.15) is 25.1 Å². The Morgan fingerprint density at radius 3 is 2.36 bits per heavy atom. The average Bonchev–Trinajstić information content (AvgIpc) is 2.56. The van der Waals surface area contributed by atoms with Crippen molar-refractivity contribution in [3.05, 3.63) is 36.2 Å². The van der Waals surface area contributed by atoms with E-state index in [0.717, 1.165) is 12.4 Å². The van der Waals surface area contributed by atoms with Crippen LogP contribution in [0.25, 0.3) is 0 Å². The van der Waals surface area contributed by atoms with Crippen molar-refractivity contribution in [2.75, 3.05) is 29.0 Å². The molecule has 0 aliphatic heterocycles. The largest absolute Gasteiger partial charge is 0.418 e. The van der Waals surface area contributed by atoms with Crippen molar-refractivity contribution in [3.8, 4) is 12.1 Å². The predicted molar refractivity (Wildman–Crippen MR) is 84.6 cm³/mol. The van der Waals surface area contributed by atoms with Crippen LogP contribution in [0.15, 0.2) is 30.6 Å². The number of aromatic nitrogens is 2. The first-order valence-corrected chi connectivity index (χ1v) is 6.91. The van der Waals surface area contributed by atoms with E-state index in [4.69, 9.17) is 16.3 Å². The fourth-order valence-corrected chi connectivity index (χ4v) is 2.08. The Morgan fingerprint density at radius 1 is 1.12 bits per heavy atom. The molecule has 0 saturated heterocycles. The van der Waals surface area contributed by atoms with Gasteiger partial charge < -0.3 is 16.0 Å². The molecule has 2 rings (SSSR count). The van der Waals surface area contributed by atoms with Crippen LogP contribution < -0.4 is 16.0 Å². The highest BCUT2D eigenvalue weighted by Gasteiger charge is 2.33. The van der Waals surface area contributed by atoms with E-state index in [9.17, 15) is 13.2 Å². The Bertz CT molecular complexity index is 820. The molecule has 7 nitrogen and oxygen atoms in total. The molecule has 25 heavy (non-hydrogen) atoms. The van der Waals surface area contributed by atoms with E-state index in [-0.39, 0.29) is 36.1 Å². The molecule has 0 aliphatic rings. The molecule has 1 aromatic heterocycles. The van der Waals surface area contributed by atoms with Crippen LogP contribution in [0.4, 0.5) is 36.2 Å². The first kappa shape index (κ1) is 17.8. The van der Waals surface area contributed by atoms with Crippen LogP contribution in [0.2, 0.25) is 0 Å². The quantitative estimate of drug-likeness (QED) is 0.799. The SMILES string of the molecule is N#CCN(CC#N)c1ncnc(Nc2ccccc2C(F)(F)F)c1N. The van der Waals surface area contributed by atoms with E-state index in [1.165, 1.54) is 23.1 Å². The van der Waals surface area contributed by atoms with Gasteiger partial charge in [-0.05, 0) is 12.1 Å². The highest BCUT2D eigenvalue weighted by molar-refractivity contribution is 5.79. The minimum Gasteiger partial charge on any atom is -0.393 e. The van der Waals surface area contributed by atoms with E-state index < -0.39 is 11.7 Å². The number of nitriles is 2. The molecular formula is C15H12F3N7. The van der Waals surface area contributed by atoms with Crippen LogP contribution in [0.1, 0.15) is 5.56 Å². The normalized spacial score (nSPS) is 10.6. The van der Waals surface area contributed by atoms with Gasteiger partial charge in [-0.15, -0.1) is 0 Å². The summed E-state index contributed by atoms with van der Waals surface area (Å²) in [4.78, 5) is 9.06. The predicted octanol–water partition coefficient (Wildman–Crippen LogP) is 2.67. The molecule has 128 valence electrons. The Balaban J connectivity index is 2.42. The summed E-state index contributed by atoms with van der Waals surface area (Å²) in [6.07, 6.45) is -3.46. The summed E-state index contributed by atoms with van der Waals surface area (Å²) >= 11 is 0. The van der Waals surface area contributed by atoms with E-state index in [1.54, 1.807) is 0 Å². The summed E-state index contributed by atoms with van der Waals surface area (Å²) in [5.74, 6) is 0.0349. The fourth-order valence-electron chi connectivity index (χ4n) is 2.08. The highest BCUT2D eigenvalue weighted by atomic mass is 19.4. The monoisotopic (exact) mass is 347 g/mol. The Labute approximate surface area is 141 Å². The van der Waals surface area contributed by atoms with Crippen molar-refractivity contribution >= 4 is 23.0 Å². The van der Waals surface area contributed by atoms with Gasteiger partial charge in [-0.3, -0.25) is 0 Å². The van der Waals surface area contributed by atoms with E-state index in [0.29, 0.717) is 0 Å². The number of anilines is 4. The number of halogens is 3. The molecule has 0 bridgehead atoms. The molecule has 10 heteroatoms. The molecule has 0 aliphatic carbocycles. The molecule has 0 amide bonds. The topological polar surface area (TPSA) is 115 Å². The molecule has 0 radical (unpaired) electrons. The number of nitrogens with two attached hydrogens (primary N) is 1. The molecule has 1 heterocycles. The molecule has 0 spiro atoms. The van der Waals surface area contributed by atoms with Crippen molar-refractivity contribution in [3.63, 3.8) is 0 Å². The number of nitrogens with one attached hydrogen (secondary N) is 1. The molecule has 0 unspecified atom stereocenters. The Hall–Kier alpha value is -3.53. The number of alkyl halides is 3. The van der Waals surface area contributed by atoms with E-state index >= 15 is 0 Å². The first-order chi connectivity index (χ1) is 11.9. The van der Waals surface area contributed by atoms with Crippen molar-refractivity contribution in [2.24, 2.45) is 0 Å². The maximum atomic E-state index is 13.1. The second-order valence-electron chi connectivity index (χ2n) is 4.80. The second-order valence-corrected chi connectivity index (χ2v) is 4.80. The van der Waals surface area contributed by atoms with Crippen molar-refractivity contribution in [1.29, 1.82) is 10.5 Å². The van der Waals surface area contributed by atoms with Gasteiger partial charge in [0, 0.05) is 0 Å². The number of benzene rings is 1. The summed E-state index contributed by atoms with van der Waals surface area (Å²) in [6.45, 7) is -0.319. The zero-order valence-corrected chi connectivity index (χ0v) is 12.7. The van der Waals surface area contributed by atoms with Crippen LogP contribution in [-0.4, -0.2) is 23.1 Å². The van der Waals surface area contributed by atoms with Crippen molar-refractivity contribution < 1.29 is 13.2 Å². The summed E-state index contributed by atoms with van der Waals surface area (Å²) in [7, 11) is 0. The van der Waals surface area contributed by atoms with Gasteiger partial charge in [0.2, 0.25) is 0 Å². The summed E-state index contributed by atoms with van der Waals surface area (Å²) in [5.41, 5.74) is 4.76. The Kier molecular flexibility index (Phi) is 5.25. The molecule has 2 aromatic rings. The number of hydrogen-bond donors (Lipinski definition) is 2. The zero-order chi connectivity index (χ0) is 18.4. The van der Waals surface area contributed by atoms with E-state index in [1.807, 2.05) is 12.1 Å². The number of para-hydroxylation sites is 1. The van der Waals surface area contributed by atoms with Crippen molar-refractivity contribution in [1.82, 2.24) is 9.97 Å². The maximum absolute atomic E-state index is 13.1. The standard InChI is InChI=1S/C15H12F3N7/c16-15(17,18)10-3-1-2-4-11(10)24-13-12(21)14(23-9-22-13)25(7-5-19)8-6-20/h1-4,9H,7-8,21H2,(H,22,23,24). The minimum absolute atomic E-state index is 0.0532. The maximum Gasteiger partial charge on any atom is 0.418 e. The third-order valence-corrected chi connectivity index (χ3v) is 3.17. The molecular weight excluding hydrogens is 335 g/mol. The molecule has 0 atom stereocenters. The lowest BCUT2D eigenvalue weighted by Crippen LogP contribution is -2.26. The zero-order valence-electron chi connectivity index (χ0n) is 12.7. The van der Waals surface area contributed by atoms with E-state index in [2.05, 4.69) is 15.3 Å².